The summed E-state index contributed by atoms with van der Waals surface area (Å²) in [6, 6.07) is 0. The molecule has 0 bridgehead atoms. The molecule has 0 aromatic carbocycles. The Bertz CT molecular complexity index is 265. The average molecular weight is 210 g/mol. The SMILES string of the molecule is CCN(CC)CCn1cnc(CCN)c1. The Morgan fingerprint density at radius 1 is 1.40 bits per heavy atom. The van der Waals surface area contributed by atoms with Gasteiger partial charge in [-0.25, -0.2) is 4.98 Å². The third-order valence-electron chi connectivity index (χ3n) is 2.66. The monoisotopic (exact) mass is 210 g/mol. The first kappa shape index (κ1) is 12.2. The Balaban J connectivity index is 2.36. The van der Waals surface area contributed by atoms with E-state index in [0.29, 0.717) is 6.54 Å². The molecule has 1 heterocycles. The first-order valence-electron chi connectivity index (χ1n) is 5.73. The van der Waals surface area contributed by atoms with Crippen molar-refractivity contribution in [3.63, 3.8) is 0 Å². The largest absolute Gasteiger partial charge is 0.336 e. The maximum absolute atomic E-state index is 5.48. The lowest BCUT2D eigenvalue weighted by atomic mass is 10.3. The fourth-order valence-corrected chi connectivity index (χ4v) is 1.60. The van der Waals surface area contributed by atoms with Crippen LogP contribution in [0.3, 0.4) is 0 Å². The van der Waals surface area contributed by atoms with Crippen LogP contribution < -0.4 is 5.73 Å². The summed E-state index contributed by atoms with van der Waals surface area (Å²) in [5.74, 6) is 0. The Kier molecular flexibility index (Phi) is 5.36. The molecule has 2 N–H and O–H groups in total. The maximum atomic E-state index is 5.48. The molecule has 1 aromatic rings. The highest BCUT2D eigenvalue weighted by Crippen LogP contribution is 1.97. The van der Waals surface area contributed by atoms with Gasteiger partial charge in [0.1, 0.15) is 0 Å². The third kappa shape index (κ3) is 4.01. The van der Waals surface area contributed by atoms with E-state index in [0.717, 1.165) is 38.3 Å². The van der Waals surface area contributed by atoms with Crippen molar-refractivity contribution in [1.82, 2.24) is 14.5 Å². The van der Waals surface area contributed by atoms with E-state index in [2.05, 4.69) is 34.5 Å². The molecule has 86 valence electrons. The third-order valence-corrected chi connectivity index (χ3v) is 2.66. The Morgan fingerprint density at radius 3 is 2.73 bits per heavy atom. The Labute approximate surface area is 92.1 Å². The Morgan fingerprint density at radius 2 is 2.13 bits per heavy atom. The van der Waals surface area contributed by atoms with Crippen LogP contribution >= 0.6 is 0 Å². The van der Waals surface area contributed by atoms with Gasteiger partial charge in [0.15, 0.2) is 0 Å². The quantitative estimate of drug-likeness (QED) is 0.721. The van der Waals surface area contributed by atoms with Gasteiger partial charge in [-0.15, -0.1) is 0 Å². The minimum atomic E-state index is 0.674. The number of nitrogens with two attached hydrogens (primary N) is 1. The molecule has 0 radical (unpaired) electrons. The zero-order valence-electron chi connectivity index (χ0n) is 9.82. The second-order valence-corrected chi connectivity index (χ2v) is 3.67. The normalized spacial score (nSPS) is 11.2. The van der Waals surface area contributed by atoms with Crippen molar-refractivity contribution in [3.8, 4) is 0 Å². The van der Waals surface area contributed by atoms with Gasteiger partial charge in [-0.05, 0) is 19.6 Å². The number of likely N-dealkylation sites (N-methyl/N-ethyl adjacent to an activating group) is 1. The molecular weight excluding hydrogens is 188 g/mol. The van der Waals surface area contributed by atoms with Crippen LogP contribution in [0, 0.1) is 0 Å². The average Bonchev–Trinajstić information content (AvgIpc) is 2.68. The highest BCUT2D eigenvalue weighted by Gasteiger charge is 2.01. The van der Waals surface area contributed by atoms with Gasteiger partial charge < -0.3 is 15.2 Å². The van der Waals surface area contributed by atoms with Crippen LogP contribution in [0.5, 0.6) is 0 Å². The van der Waals surface area contributed by atoms with E-state index < -0.39 is 0 Å². The second-order valence-electron chi connectivity index (χ2n) is 3.67. The molecule has 4 heteroatoms. The number of hydrogen-bond donors (Lipinski definition) is 1. The van der Waals surface area contributed by atoms with Crippen molar-refractivity contribution in [1.29, 1.82) is 0 Å². The van der Waals surface area contributed by atoms with Gasteiger partial charge >= 0.3 is 0 Å². The van der Waals surface area contributed by atoms with E-state index in [4.69, 9.17) is 5.73 Å². The molecule has 0 spiro atoms. The van der Waals surface area contributed by atoms with Crippen LogP contribution in [-0.4, -0.2) is 40.6 Å². The Hall–Kier alpha value is -0.870. The van der Waals surface area contributed by atoms with Crippen molar-refractivity contribution in [3.05, 3.63) is 18.2 Å². The van der Waals surface area contributed by atoms with Crippen LogP contribution in [0.25, 0.3) is 0 Å². The van der Waals surface area contributed by atoms with Crippen LogP contribution in [0.4, 0.5) is 0 Å². The van der Waals surface area contributed by atoms with Crippen LogP contribution in [0.1, 0.15) is 19.5 Å². The number of rotatable bonds is 7. The molecule has 1 rings (SSSR count). The van der Waals surface area contributed by atoms with Gasteiger partial charge in [0.05, 0.1) is 12.0 Å². The minimum Gasteiger partial charge on any atom is -0.336 e. The first-order valence-corrected chi connectivity index (χ1v) is 5.73. The molecule has 1 aromatic heterocycles. The summed E-state index contributed by atoms with van der Waals surface area (Å²) in [5, 5.41) is 0. The predicted octanol–water partition coefficient (Wildman–Crippen LogP) is 0.726. The molecule has 0 aliphatic carbocycles. The van der Waals surface area contributed by atoms with Crippen LogP contribution in [0.15, 0.2) is 12.5 Å². The summed E-state index contributed by atoms with van der Waals surface area (Å²) in [7, 11) is 0. The molecule has 0 fully saturated rings. The lowest BCUT2D eigenvalue weighted by molar-refractivity contribution is 0.290. The molecule has 0 unspecified atom stereocenters. The topological polar surface area (TPSA) is 47.1 Å². The van der Waals surface area contributed by atoms with Gasteiger partial charge in [-0.3, -0.25) is 0 Å². The van der Waals surface area contributed by atoms with Gasteiger partial charge in [0.2, 0.25) is 0 Å². The van der Waals surface area contributed by atoms with Crippen molar-refractivity contribution in [2.45, 2.75) is 26.8 Å². The maximum Gasteiger partial charge on any atom is 0.0949 e. The van der Waals surface area contributed by atoms with E-state index in [1.807, 2.05) is 6.33 Å². The molecule has 0 saturated carbocycles. The summed E-state index contributed by atoms with van der Waals surface area (Å²) >= 11 is 0. The van der Waals surface area contributed by atoms with E-state index in [1.54, 1.807) is 0 Å². The molecular formula is C11H22N4. The minimum absolute atomic E-state index is 0.674. The highest BCUT2D eigenvalue weighted by molar-refractivity contribution is 4.97. The summed E-state index contributed by atoms with van der Waals surface area (Å²) in [4.78, 5) is 6.71. The fraction of sp³-hybridized carbons (Fsp3) is 0.727. The lowest BCUT2D eigenvalue weighted by Crippen LogP contribution is -2.26. The standard InChI is InChI=1S/C11H22N4/c1-3-14(4-2)7-8-15-9-11(5-6-12)13-10-15/h9-10H,3-8,12H2,1-2H3. The number of nitrogens with zero attached hydrogens (tertiary/aromatic N) is 3. The molecule has 0 aliphatic heterocycles. The molecule has 4 nitrogen and oxygen atoms in total. The van der Waals surface area contributed by atoms with Crippen molar-refractivity contribution < 1.29 is 0 Å². The lowest BCUT2D eigenvalue weighted by Gasteiger charge is -2.17. The van der Waals surface area contributed by atoms with E-state index in [1.165, 1.54) is 0 Å². The van der Waals surface area contributed by atoms with Crippen molar-refractivity contribution in [2.75, 3.05) is 26.2 Å². The van der Waals surface area contributed by atoms with Gasteiger partial charge in [-0.2, -0.15) is 0 Å². The van der Waals surface area contributed by atoms with Crippen molar-refractivity contribution in [2.24, 2.45) is 5.73 Å². The van der Waals surface area contributed by atoms with Gasteiger partial charge in [-0.1, -0.05) is 13.8 Å². The van der Waals surface area contributed by atoms with E-state index in [9.17, 15) is 0 Å². The van der Waals surface area contributed by atoms with Gasteiger partial charge in [0, 0.05) is 25.7 Å². The van der Waals surface area contributed by atoms with Crippen molar-refractivity contribution >= 4 is 0 Å². The second kappa shape index (κ2) is 6.58. The molecule has 0 amide bonds. The highest BCUT2D eigenvalue weighted by atomic mass is 15.1. The first-order chi connectivity index (χ1) is 7.30. The molecule has 0 saturated heterocycles. The summed E-state index contributed by atoms with van der Waals surface area (Å²) < 4.78 is 2.14. The van der Waals surface area contributed by atoms with Gasteiger partial charge in [0.25, 0.3) is 0 Å². The molecule has 0 atom stereocenters. The molecule has 0 aliphatic rings. The van der Waals surface area contributed by atoms with Crippen LogP contribution in [0.2, 0.25) is 0 Å². The van der Waals surface area contributed by atoms with E-state index in [-0.39, 0.29) is 0 Å². The van der Waals surface area contributed by atoms with E-state index >= 15 is 0 Å². The molecule has 15 heavy (non-hydrogen) atoms. The number of aromatic nitrogens is 2. The zero-order valence-corrected chi connectivity index (χ0v) is 9.82. The summed E-state index contributed by atoms with van der Waals surface area (Å²) in [6.07, 6.45) is 4.86. The fourth-order valence-electron chi connectivity index (χ4n) is 1.60. The predicted molar refractivity (Wildman–Crippen MR) is 62.8 cm³/mol. The smallest absolute Gasteiger partial charge is 0.0949 e. The summed E-state index contributed by atoms with van der Waals surface area (Å²) in [5.41, 5.74) is 6.57. The zero-order chi connectivity index (χ0) is 11.1. The number of imidazole rings is 1. The number of hydrogen-bond acceptors (Lipinski definition) is 3. The van der Waals surface area contributed by atoms with Crippen LogP contribution in [-0.2, 0) is 13.0 Å². The summed E-state index contributed by atoms with van der Waals surface area (Å²) in [6.45, 7) is 9.38.